The SMILES string of the molecule is COc1ccc(C(NC(C)c2cccs2)c2cccc(N)c2)cc1. The molecule has 1 aromatic heterocycles. The average molecular weight is 338 g/mol. The lowest BCUT2D eigenvalue weighted by Gasteiger charge is -2.24. The summed E-state index contributed by atoms with van der Waals surface area (Å²) in [5.74, 6) is 0.858. The van der Waals surface area contributed by atoms with Crippen LogP contribution in [0.4, 0.5) is 5.69 Å². The van der Waals surface area contributed by atoms with Crippen LogP contribution in [0.3, 0.4) is 0 Å². The number of hydrogen-bond donors (Lipinski definition) is 2. The lowest BCUT2D eigenvalue weighted by molar-refractivity contribution is 0.414. The van der Waals surface area contributed by atoms with E-state index >= 15 is 0 Å². The van der Waals surface area contributed by atoms with E-state index in [0.29, 0.717) is 0 Å². The third-order valence-electron chi connectivity index (χ3n) is 4.08. The fourth-order valence-electron chi connectivity index (χ4n) is 2.79. The summed E-state index contributed by atoms with van der Waals surface area (Å²) in [5, 5.41) is 5.84. The molecule has 2 unspecified atom stereocenters. The van der Waals surface area contributed by atoms with E-state index < -0.39 is 0 Å². The first kappa shape index (κ1) is 16.6. The summed E-state index contributed by atoms with van der Waals surface area (Å²) in [6.07, 6.45) is 0. The predicted octanol–water partition coefficient (Wildman–Crippen LogP) is 4.78. The molecule has 124 valence electrons. The van der Waals surface area contributed by atoms with Crippen LogP contribution >= 0.6 is 11.3 Å². The van der Waals surface area contributed by atoms with Crippen molar-refractivity contribution in [2.45, 2.75) is 19.0 Å². The molecule has 3 rings (SSSR count). The summed E-state index contributed by atoms with van der Waals surface area (Å²) >= 11 is 1.77. The zero-order valence-corrected chi connectivity index (χ0v) is 14.7. The van der Waals surface area contributed by atoms with Crippen molar-refractivity contribution in [3.05, 3.63) is 82.0 Å². The molecule has 3 nitrogen and oxygen atoms in total. The van der Waals surface area contributed by atoms with Crippen LogP contribution in [-0.2, 0) is 0 Å². The van der Waals surface area contributed by atoms with Crippen molar-refractivity contribution in [3.8, 4) is 5.75 Å². The normalized spacial score (nSPS) is 13.4. The van der Waals surface area contributed by atoms with E-state index in [1.54, 1.807) is 18.4 Å². The van der Waals surface area contributed by atoms with Crippen molar-refractivity contribution in [2.24, 2.45) is 0 Å². The van der Waals surface area contributed by atoms with Crippen molar-refractivity contribution in [1.29, 1.82) is 0 Å². The highest BCUT2D eigenvalue weighted by molar-refractivity contribution is 7.10. The van der Waals surface area contributed by atoms with Crippen LogP contribution < -0.4 is 15.8 Å². The average Bonchev–Trinajstić information content (AvgIpc) is 3.14. The van der Waals surface area contributed by atoms with Gasteiger partial charge in [-0.15, -0.1) is 11.3 Å². The van der Waals surface area contributed by atoms with Gasteiger partial charge in [0.05, 0.1) is 13.2 Å². The van der Waals surface area contributed by atoms with Crippen molar-refractivity contribution in [3.63, 3.8) is 0 Å². The highest BCUT2D eigenvalue weighted by atomic mass is 32.1. The first-order valence-electron chi connectivity index (χ1n) is 7.96. The topological polar surface area (TPSA) is 47.3 Å². The van der Waals surface area contributed by atoms with Crippen molar-refractivity contribution in [1.82, 2.24) is 5.32 Å². The summed E-state index contributed by atoms with van der Waals surface area (Å²) in [5.41, 5.74) is 9.12. The van der Waals surface area contributed by atoms with Crippen molar-refractivity contribution < 1.29 is 4.74 Å². The number of thiophene rings is 1. The molecule has 0 fully saturated rings. The van der Waals surface area contributed by atoms with E-state index in [1.165, 1.54) is 10.4 Å². The zero-order chi connectivity index (χ0) is 16.9. The van der Waals surface area contributed by atoms with E-state index in [9.17, 15) is 0 Å². The Bertz CT molecular complexity index is 769. The van der Waals surface area contributed by atoms with Gasteiger partial charge in [-0.1, -0.05) is 30.3 Å². The maximum absolute atomic E-state index is 6.00. The number of anilines is 1. The molecule has 0 saturated heterocycles. The molecule has 2 aromatic carbocycles. The number of nitrogens with one attached hydrogen (secondary N) is 1. The monoisotopic (exact) mass is 338 g/mol. The number of ether oxygens (including phenoxy) is 1. The smallest absolute Gasteiger partial charge is 0.118 e. The Kier molecular flexibility index (Phi) is 5.18. The van der Waals surface area contributed by atoms with E-state index in [1.807, 2.05) is 30.3 Å². The molecule has 0 aliphatic heterocycles. The van der Waals surface area contributed by atoms with Crippen LogP contribution in [0.15, 0.2) is 66.0 Å². The summed E-state index contributed by atoms with van der Waals surface area (Å²) in [4.78, 5) is 1.32. The minimum absolute atomic E-state index is 0.0662. The lowest BCUT2D eigenvalue weighted by Crippen LogP contribution is -2.25. The molecule has 2 atom stereocenters. The molecule has 0 aliphatic carbocycles. The van der Waals surface area contributed by atoms with Crippen LogP contribution in [0.1, 0.15) is 35.0 Å². The van der Waals surface area contributed by atoms with E-state index in [2.05, 4.69) is 48.0 Å². The van der Waals surface area contributed by atoms with Gasteiger partial charge in [0.15, 0.2) is 0 Å². The molecule has 0 radical (unpaired) electrons. The zero-order valence-electron chi connectivity index (χ0n) is 13.9. The Morgan fingerprint density at radius 1 is 1.00 bits per heavy atom. The van der Waals surface area contributed by atoms with Crippen LogP contribution in [0.25, 0.3) is 0 Å². The van der Waals surface area contributed by atoms with Crippen molar-refractivity contribution in [2.75, 3.05) is 12.8 Å². The standard InChI is InChI=1S/C20H22N2OS/c1-14(19-7-4-12-24-19)22-20(16-5-3-6-17(21)13-16)15-8-10-18(23-2)11-9-15/h3-14,20,22H,21H2,1-2H3. The second kappa shape index (κ2) is 7.51. The third-order valence-corrected chi connectivity index (χ3v) is 5.13. The highest BCUT2D eigenvalue weighted by Crippen LogP contribution is 2.29. The van der Waals surface area contributed by atoms with Gasteiger partial charge >= 0.3 is 0 Å². The molecule has 0 saturated carbocycles. The van der Waals surface area contributed by atoms with Gasteiger partial charge in [0.1, 0.15) is 5.75 Å². The predicted molar refractivity (Wildman–Crippen MR) is 102 cm³/mol. The number of hydrogen-bond acceptors (Lipinski definition) is 4. The van der Waals surface area contributed by atoms with Gasteiger partial charge < -0.3 is 10.5 Å². The van der Waals surface area contributed by atoms with Gasteiger partial charge in [-0.2, -0.15) is 0 Å². The molecule has 3 N–H and O–H groups in total. The molecule has 1 heterocycles. The van der Waals surface area contributed by atoms with Gasteiger partial charge in [-0.3, -0.25) is 5.32 Å². The molecule has 0 bridgehead atoms. The quantitative estimate of drug-likeness (QED) is 0.636. The molecule has 0 amide bonds. The van der Waals surface area contributed by atoms with Crippen LogP contribution in [-0.4, -0.2) is 7.11 Å². The Balaban J connectivity index is 1.93. The summed E-state index contributed by atoms with van der Waals surface area (Å²) < 4.78 is 5.28. The number of methoxy groups -OCH3 is 1. The molecule has 24 heavy (non-hydrogen) atoms. The van der Waals surface area contributed by atoms with E-state index in [0.717, 1.165) is 17.0 Å². The summed E-state index contributed by atoms with van der Waals surface area (Å²) in [6.45, 7) is 2.19. The Hall–Kier alpha value is -2.30. The number of nitrogens with two attached hydrogens (primary N) is 1. The van der Waals surface area contributed by atoms with Crippen LogP contribution in [0.5, 0.6) is 5.75 Å². The summed E-state index contributed by atoms with van der Waals surface area (Å²) in [6, 6.07) is 20.8. The Morgan fingerprint density at radius 2 is 1.79 bits per heavy atom. The van der Waals surface area contributed by atoms with Gasteiger partial charge in [0.2, 0.25) is 0 Å². The lowest BCUT2D eigenvalue weighted by atomic mass is 9.97. The molecule has 4 heteroatoms. The number of rotatable bonds is 6. The van der Waals surface area contributed by atoms with Crippen LogP contribution in [0.2, 0.25) is 0 Å². The van der Waals surface area contributed by atoms with Gasteiger partial charge in [-0.05, 0) is 53.8 Å². The molecule has 3 aromatic rings. The minimum Gasteiger partial charge on any atom is -0.497 e. The van der Waals surface area contributed by atoms with E-state index in [4.69, 9.17) is 10.5 Å². The molecular weight excluding hydrogens is 316 g/mol. The first-order chi connectivity index (χ1) is 11.7. The molecule has 0 spiro atoms. The Morgan fingerprint density at radius 3 is 2.42 bits per heavy atom. The second-order valence-electron chi connectivity index (χ2n) is 5.78. The largest absolute Gasteiger partial charge is 0.497 e. The minimum atomic E-state index is 0.0662. The maximum Gasteiger partial charge on any atom is 0.118 e. The fourth-order valence-corrected chi connectivity index (χ4v) is 3.53. The van der Waals surface area contributed by atoms with Gasteiger partial charge in [0.25, 0.3) is 0 Å². The second-order valence-corrected chi connectivity index (χ2v) is 6.76. The molecule has 0 aliphatic rings. The van der Waals surface area contributed by atoms with Crippen LogP contribution in [0, 0.1) is 0 Å². The van der Waals surface area contributed by atoms with Gasteiger partial charge in [0, 0.05) is 16.6 Å². The van der Waals surface area contributed by atoms with Crippen molar-refractivity contribution >= 4 is 17.0 Å². The summed E-state index contributed by atoms with van der Waals surface area (Å²) in [7, 11) is 1.68. The van der Waals surface area contributed by atoms with Gasteiger partial charge in [-0.25, -0.2) is 0 Å². The third kappa shape index (κ3) is 3.78. The maximum atomic E-state index is 6.00. The van der Waals surface area contributed by atoms with E-state index in [-0.39, 0.29) is 12.1 Å². The number of nitrogen functional groups attached to an aromatic ring is 1. The molecular formula is C20H22N2OS. The number of benzene rings is 2. The first-order valence-corrected chi connectivity index (χ1v) is 8.84. The highest BCUT2D eigenvalue weighted by Gasteiger charge is 2.18. The Labute approximate surface area is 147 Å². The fraction of sp³-hybridized carbons (Fsp3) is 0.200.